The van der Waals surface area contributed by atoms with Gasteiger partial charge in [0.1, 0.15) is 5.82 Å². The van der Waals surface area contributed by atoms with Crippen molar-refractivity contribution in [2.45, 2.75) is 31.6 Å². The molecular weight excluding hydrogens is 313 g/mol. The van der Waals surface area contributed by atoms with Gasteiger partial charge in [0.25, 0.3) is 0 Å². The quantitative estimate of drug-likeness (QED) is 0.794. The van der Waals surface area contributed by atoms with Crippen molar-refractivity contribution in [3.8, 4) is 0 Å². The smallest absolute Gasteiger partial charge is 0.137 e. The summed E-state index contributed by atoms with van der Waals surface area (Å²) in [5.74, 6) is 0.987. The van der Waals surface area contributed by atoms with E-state index in [1.165, 1.54) is 23.8 Å². The molecule has 1 saturated heterocycles. The number of thioether (sulfide) groups is 1. The number of hydrogen-bond donors (Lipinski definition) is 0. The Kier molecular flexibility index (Phi) is 4.73. The second-order valence-corrected chi connectivity index (χ2v) is 8.04. The lowest BCUT2D eigenvalue weighted by atomic mass is 10.1. The fraction of sp³-hybridized carbons (Fsp3) is 0.571. The van der Waals surface area contributed by atoms with Crippen LogP contribution in [0.4, 0.5) is 4.39 Å². The van der Waals surface area contributed by atoms with E-state index in [-0.39, 0.29) is 5.82 Å². The molecule has 1 aromatic rings. The zero-order chi connectivity index (χ0) is 13.2. The van der Waals surface area contributed by atoms with Crippen LogP contribution in [-0.4, -0.2) is 28.5 Å². The van der Waals surface area contributed by atoms with E-state index in [4.69, 9.17) is 0 Å². The Labute approximate surface area is 121 Å². The van der Waals surface area contributed by atoms with Crippen LogP contribution in [0.2, 0.25) is 0 Å². The molecule has 0 unspecified atom stereocenters. The minimum absolute atomic E-state index is 0.189. The van der Waals surface area contributed by atoms with E-state index < -0.39 is 0 Å². The normalized spacial score (nSPS) is 20.7. The first-order valence-electron chi connectivity index (χ1n) is 6.26. The highest BCUT2D eigenvalue weighted by molar-refractivity contribution is 9.10. The third kappa shape index (κ3) is 3.97. The Bertz CT molecular complexity index is 422. The Hall–Kier alpha value is -0.0600. The highest BCUT2D eigenvalue weighted by Crippen LogP contribution is 2.31. The minimum Gasteiger partial charge on any atom is -0.298 e. The molecule has 1 aromatic carbocycles. The van der Waals surface area contributed by atoms with Crippen LogP contribution in [0, 0.1) is 5.82 Å². The molecule has 1 aliphatic rings. The Morgan fingerprint density at radius 1 is 1.39 bits per heavy atom. The molecular formula is C14H19BrFNS. The largest absolute Gasteiger partial charge is 0.298 e. The van der Waals surface area contributed by atoms with Crippen LogP contribution in [0.5, 0.6) is 0 Å². The summed E-state index contributed by atoms with van der Waals surface area (Å²) < 4.78 is 14.1. The molecule has 18 heavy (non-hydrogen) atoms. The standard InChI is InChI=1S/C14H19BrFNS/c1-14(2)5-6-17(7-8-18-14)10-11-3-4-13(16)12(15)9-11/h3-4,9H,5-8,10H2,1-2H3. The molecule has 0 radical (unpaired) electrons. The van der Waals surface area contributed by atoms with E-state index in [2.05, 4.69) is 46.4 Å². The first-order chi connectivity index (χ1) is 8.46. The minimum atomic E-state index is -0.189. The number of halogens is 2. The van der Waals surface area contributed by atoms with Gasteiger partial charge in [0, 0.05) is 23.6 Å². The number of nitrogens with zero attached hydrogens (tertiary/aromatic N) is 1. The molecule has 0 amide bonds. The molecule has 0 bridgehead atoms. The van der Waals surface area contributed by atoms with Crippen LogP contribution >= 0.6 is 27.7 Å². The summed E-state index contributed by atoms with van der Waals surface area (Å²) in [6, 6.07) is 5.30. The highest BCUT2D eigenvalue weighted by atomic mass is 79.9. The van der Waals surface area contributed by atoms with Gasteiger partial charge in [0.2, 0.25) is 0 Å². The molecule has 0 spiro atoms. The van der Waals surface area contributed by atoms with Crippen LogP contribution in [0.25, 0.3) is 0 Å². The zero-order valence-electron chi connectivity index (χ0n) is 10.9. The highest BCUT2D eigenvalue weighted by Gasteiger charge is 2.23. The van der Waals surface area contributed by atoms with Crippen molar-refractivity contribution in [3.05, 3.63) is 34.1 Å². The molecule has 1 heterocycles. The van der Waals surface area contributed by atoms with Gasteiger partial charge in [-0.15, -0.1) is 0 Å². The average Bonchev–Trinajstić information content (AvgIpc) is 2.46. The fourth-order valence-corrected chi connectivity index (χ4v) is 3.68. The predicted molar refractivity (Wildman–Crippen MR) is 80.5 cm³/mol. The fourth-order valence-electron chi connectivity index (χ4n) is 2.12. The molecule has 0 N–H and O–H groups in total. The molecule has 100 valence electrons. The molecule has 0 aromatic heterocycles. The SMILES string of the molecule is CC1(C)CCN(Cc2ccc(F)c(Br)c2)CCS1. The Balaban J connectivity index is 1.98. The molecule has 4 heteroatoms. The maximum absolute atomic E-state index is 13.2. The second-order valence-electron chi connectivity index (χ2n) is 5.38. The summed E-state index contributed by atoms with van der Waals surface area (Å²) in [6.45, 7) is 7.78. The summed E-state index contributed by atoms with van der Waals surface area (Å²) in [7, 11) is 0. The van der Waals surface area contributed by atoms with Crippen molar-refractivity contribution in [1.29, 1.82) is 0 Å². The van der Waals surface area contributed by atoms with Crippen molar-refractivity contribution in [1.82, 2.24) is 4.90 Å². The van der Waals surface area contributed by atoms with Crippen LogP contribution in [-0.2, 0) is 6.54 Å². The summed E-state index contributed by atoms with van der Waals surface area (Å²) in [5.41, 5.74) is 1.17. The zero-order valence-corrected chi connectivity index (χ0v) is 13.3. The Morgan fingerprint density at radius 3 is 2.89 bits per heavy atom. The summed E-state index contributed by atoms with van der Waals surface area (Å²) in [6.07, 6.45) is 1.21. The van der Waals surface area contributed by atoms with Gasteiger partial charge in [0.15, 0.2) is 0 Å². The maximum atomic E-state index is 13.2. The van der Waals surface area contributed by atoms with Crippen molar-refractivity contribution in [2.75, 3.05) is 18.8 Å². The first-order valence-corrected chi connectivity index (χ1v) is 8.04. The monoisotopic (exact) mass is 331 g/mol. The van der Waals surface area contributed by atoms with Gasteiger partial charge < -0.3 is 0 Å². The van der Waals surface area contributed by atoms with Gasteiger partial charge in [-0.3, -0.25) is 4.90 Å². The summed E-state index contributed by atoms with van der Waals surface area (Å²) in [5, 5.41) is 0. The van der Waals surface area contributed by atoms with Crippen molar-refractivity contribution < 1.29 is 4.39 Å². The van der Waals surface area contributed by atoms with E-state index in [9.17, 15) is 4.39 Å². The van der Waals surface area contributed by atoms with E-state index in [1.807, 2.05) is 12.1 Å². The molecule has 1 aliphatic heterocycles. The molecule has 0 saturated carbocycles. The van der Waals surface area contributed by atoms with E-state index >= 15 is 0 Å². The van der Waals surface area contributed by atoms with Crippen LogP contribution in [0.15, 0.2) is 22.7 Å². The van der Waals surface area contributed by atoms with Gasteiger partial charge in [-0.2, -0.15) is 11.8 Å². The number of rotatable bonds is 2. The van der Waals surface area contributed by atoms with Crippen LogP contribution in [0.1, 0.15) is 25.8 Å². The van der Waals surface area contributed by atoms with Crippen LogP contribution in [0.3, 0.4) is 0 Å². The molecule has 1 fully saturated rings. The van der Waals surface area contributed by atoms with E-state index in [0.717, 1.165) is 19.6 Å². The molecule has 1 nitrogen and oxygen atoms in total. The van der Waals surface area contributed by atoms with Crippen molar-refractivity contribution in [3.63, 3.8) is 0 Å². The topological polar surface area (TPSA) is 3.24 Å². The lowest BCUT2D eigenvalue weighted by Gasteiger charge is -2.22. The summed E-state index contributed by atoms with van der Waals surface area (Å²) >= 11 is 5.30. The summed E-state index contributed by atoms with van der Waals surface area (Å²) in [4.78, 5) is 2.46. The van der Waals surface area contributed by atoms with Gasteiger partial charge in [-0.05, 0) is 46.6 Å². The van der Waals surface area contributed by atoms with E-state index in [0.29, 0.717) is 9.22 Å². The third-order valence-corrected chi connectivity index (χ3v) is 5.30. The average molecular weight is 332 g/mol. The second kappa shape index (κ2) is 5.93. The molecule has 0 atom stereocenters. The number of benzene rings is 1. The molecule has 0 aliphatic carbocycles. The van der Waals surface area contributed by atoms with Crippen molar-refractivity contribution >= 4 is 27.7 Å². The third-order valence-electron chi connectivity index (χ3n) is 3.32. The van der Waals surface area contributed by atoms with Gasteiger partial charge in [-0.1, -0.05) is 19.9 Å². The Morgan fingerprint density at radius 2 is 2.17 bits per heavy atom. The number of hydrogen-bond acceptors (Lipinski definition) is 2. The first kappa shape index (κ1) is 14.4. The lowest BCUT2D eigenvalue weighted by molar-refractivity contribution is 0.276. The molecule has 2 rings (SSSR count). The predicted octanol–water partition coefficient (Wildman–Crippen LogP) is 4.31. The lowest BCUT2D eigenvalue weighted by Crippen LogP contribution is -2.26. The van der Waals surface area contributed by atoms with E-state index in [1.54, 1.807) is 0 Å². The van der Waals surface area contributed by atoms with Gasteiger partial charge in [0.05, 0.1) is 4.47 Å². The van der Waals surface area contributed by atoms with Crippen LogP contribution < -0.4 is 0 Å². The maximum Gasteiger partial charge on any atom is 0.137 e. The van der Waals surface area contributed by atoms with Gasteiger partial charge >= 0.3 is 0 Å². The van der Waals surface area contributed by atoms with Gasteiger partial charge in [-0.25, -0.2) is 4.39 Å². The van der Waals surface area contributed by atoms with Crippen molar-refractivity contribution in [2.24, 2.45) is 0 Å².